The fourth-order valence-corrected chi connectivity index (χ4v) is 3.69. The van der Waals surface area contributed by atoms with Gasteiger partial charge in [-0.3, -0.25) is 9.78 Å². The molecule has 1 aromatic heterocycles. The van der Waals surface area contributed by atoms with Crippen LogP contribution in [0.15, 0.2) is 12.3 Å². The Labute approximate surface area is 136 Å². The molecule has 0 unspecified atom stereocenters. The van der Waals surface area contributed by atoms with Crippen LogP contribution in [0.1, 0.15) is 41.9 Å². The first-order chi connectivity index (χ1) is 10.9. The number of nitrogens with one attached hydrogen (secondary N) is 1. The third kappa shape index (κ3) is 2.78. The molecule has 0 radical (unpaired) electrons. The van der Waals surface area contributed by atoms with Gasteiger partial charge in [-0.1, -0.05) is 6.07 Å². The van der Waals surface area contributed by atoms with Crippen LogP contribution in [-0.2, 0) is 0 Å². The Morgan fingerprint density at radius 3 is 2.78 bits per heavy atom. The van der Waals surface area contributed by atoms with Crippen molar-refractivity contribution in [2.75, 3.05) is 13.1 Å². The second-order valence-corrected chi connectivity index (χ2v) is 6.84. The van der Waals surface area contributed by atoms with E-state index in [1.807, 2.05) is 43.6 Å². The highest BCUT2D eigenvalue weighted by atomic mass is 16.2. The Kier molecular flexibility index (Phi) is 4.00. The number of carbonyl (C=O) groups is 2. The number of carbonyl (C=O) groups excluding carboxylic acids is 2. The second-order valence-electron chi connectivity index (χ2n) is 6.84. The molecule has 23 heavy (non-hydrogen) atoms. The second kappa shape index (κ2) is 5.83. The van der Waals surface area contributed by atoms with Crippen molar-refractivity contribution in [1.29, 1.82) is 0 Å². The highest BCUT2D eigenvalue weighted by molar-refractivity contribution is 5.94. The van der Waals surface area contributed by atoms with Crippen molar-refractivity contribution in [2.45, 2.75) is 52.2 Å². The number of fused-ring (bicyclic) bond motifs is 1. The summed E-state index contributed by atoms with van der Waals surface area (Å²) in [6, 6.07) is 2.32. The predicted octanol–water partition coefficient (Wildman–Crippen LogP) is 1.72. The van der Waals surface area contributed by atoms with Crippen LogP contribution in [0.2, 0.25) is 0 Å². The van der Waals surface area contributed by atoms with E-state index in [1.54, 1.807) is 6.20 Å². The van der Waals surface area contributed by atoms with Gasteiger partial charge in [0.15, 0.2) is 0 Å². The van der Waals surface area contributed by atoms with Crippen LogP contribution in [-0.4, -0.2) is 57.9 Å². The zero-order valence-corrected chi connectivity index (χ0v) is 14.2. The molecule has 0 spiro atoms. The Morgan fingerprint density at radius 2 is 2.13 bits per heavy atom. The van der Waals surface area contributed by atoms with Gasteiger partial charge in [-0.25, -0.2) is 4.79 Å². The van der Waals surface area contributed by atoms with Gasteiger partial charge in [-0.15, -0.1) is 0 Å². The molecule has 6 heteroatoms. The lowest BCUT2D eigenvalue weighted by molar-refractivity contribution is 0.0638. The lowest BCUT2D eigenvalue weighted by Crippen LogP contribution is -2.53. The molecule has 0 saturated carbocycles. The summed E-state index contributed by atoms with van der Waals surface area (Å²) in [5.41, 5.74) is 2.46. The average Bonchev–Trinajstić information content (AvgIpc) is 2.81. The number of pyridine rings is 1. The molecule has 2 atom stereocenters. The minimum absolute atomic E-state index is 0.00774. The normalized spacial score (nSPS) is 24.0. The van der Waals surface area contributed by atoms with Crippen molar-refractivity contribution in [1.82, 2.24) is 20.1 Å². The van der Waals surface area contributed by atoms with Crippen LogP contribution < -0.4 is 5.32 Å². The summed E-state index contributed by atoms with van der Waals surface area (Å²) in [7, 11) is 0. The van der Waals surface area contributed by atoms with Gasteiger partial charge in [0.05, 0.1) is 12.1 Å². The smallest absolute Gasteiger partial charge is 0.318 e. The Morgan fingerprint density at radius 1 is 1.39 bits per heavy atom. The van der Waals surface area contributed by atoms with Gasteiger partial charge in [0.25, 0.3) is 5.91 Å². The monoisotopic (exact) mass is 316 g/mol. The summed E-state index contributed by atoms with van der Waals surface area (Å²) in [5.74, 6) is -0.0433. The maximum Gasteiger partial charge on any atom is 0.318 e. The van der Waals surface area contributed by atoms with Crippen molar-refractivity contribution < 1.29 is 9.59 Å². The predicted molar refractivity (Wildman–Crippen MR) is 87.3 cm³/mol. The maximum absolute atomic E-state index is 12.8. The van der Waals surface area contributed by atoms with Gasteiger partial charge < -0.3 is 15.1 Å². The lowest BCUT2D eigenvalue weighted by atomic mass is 9.98. The van der Waals surface area contributed by atoms with E-state index in [4.69, 9.17) is 0 Å². The molecule has 3 amide bonds. The van der Waals surface area contributed by atoms with Gasteiger partial charge in [-0.2, -0.15) is 0 Å². The zero-order chi connectivity index (χ0) is 16.7. The summed E-state index contributed by atoms with van der Waals surface area (Å²) >= 11 is 0. The molecule has 1 aromatic rings. The quantitative estimate of drug-likeness (QED) is 0.903. The van der Waals surface area contributed by atoms with E-state index < -0.39 is 0 Å². The number of nitrogens with zero attached hydrogens (tertiary/aromatic N) is 3. The molecule has 3 heterocycles. The molecular formula is C17H24N4O2. The first-order valence-corrected chi connectivity index (χ1v) is 8.20. The number of hydrogen-bond donors (Lipinski definition) is 1. The third-order valence-electron chi connectivity index (χ3n) is 4.74. The number of amides is 3. The molecule has 6 nitrogen and oxygen atoms in total. The fraction of sp³-hybridized carbons (Fsp3) is 0.588. The number of urea groups is 1. The van der Waals surface area contributed by atoms with E-state index in [0.717, 1.165) is 17.5 Å². The van der Waals surface area contributed by atoms with Crippen molar-refractivity contribution in [2.24, 2.45) is 0 Å². The molecular weight excluding hydrogens is 292 g/mol. The van der Waals surface area contributed by atoms with Crippen molar-refractivity contribution in [3.8, 4) is 0 Å². The zero-order valence-electron chi connectivity index (χ0n) is 14.2. The summed E-state index contributed by atoms with van der Waals surface area (Å²) in [6.45, 7) is 9.14. The van der Waals surface area contributed by atoms with Gasteiger partial charge >= 0.3 is 6.03 Å². The molecule has 1 N–H and O–H groups in total. The molecule has 0 bridgehead atoms. The van der Waals surface area contributed by atoms with Crippen molar-refractivity contribution in [3.63, 3.8) is 0 Å². The average molecular weight is 316 g/mol. The van der Waals surface area contributed by atoms with E-state index in [2.05, 4.69) is 10.3 Å². The van der Waals surface area contributed by atoms with Crippen molar-refractivity contribution >= 4 is 11.9 Å². The van der Waals surface area contributed by atoms with E-state index in [9.17, 15) is 9.59 Å². The summed E-state index contributed by atoms with van der Waals surface area (Å²) in [6.07, 6.45) is 2.53. The number of hydrogen-bond acceptors (Lipinski definition) is 3. The van der Waals surface area contributed by atoms with Crippen LogP contribution in [0.5, 0.6) is 0 Å². The molecule has 3 rings (SSSR count). The molecule has 2 aliphatic rings. The van der Waals surface area contributed by atoms with Crippen LogP contribution in [0.4, 0.5) is 4.79 Å². The first-order valence-electron chi connectivity index (χ1n) is 8.20. The summed E-state index contributed by atoms with van der Waals surface area (Å²) in [5, 5.41) is 3.02. The van der Waals surface area contributed by atoms with Gasteiger partial charge in [-0.05, 0) is 45.2 Å². The number of likely N-dealkylation sites (tertiary alicyclic amines) is 1. The van der Waals surface area contributed by atoms with Gasteiger partial charge in [0, 0.05) is 25.3 Å². The maximum atomic E-state index is 12.8. The number of aryl methyl sites for hydroxylation is 2. The highest BCUT2D eigenvalue weighted by Gasteiger charge is 2.44. The topological polar surface area (TPSA) is 65.5 Å². The van der Waals surface area contributed by atoms with E-state index in [0.29, 0.717) is 18.8 Å². The van der Waals surface area contributed by atoms with Gasteiger partial charge in [0.2, 0.25) is 0 Å². The molecule has 2 fully saturated rings. The van der Waals surface area contributed by atoms with Crippen LogP contribution in [0.3, 0.4) is 0 Å². The molecule has 2 aliphatic heterocycles. The van der Waals surface area contributed by atoms with E-state index >= 15 is 0 Å². The minimum Gasteiger partial charge on any atom is -0.335 e. The minimum atomic E-state index is -0.0433. The number of rotatable bonds is 2. The standard InChI is InChI=1S/C17H24N4O2/c1-10(2)21-14-5-6-20(9-13(14)19-17(21)23)16(22)15-12(4)7-11(3)8-18-15/h7-8,10,13-14H,5-6,9H2,1-4H3,(H,19,23)/t13-,14+/m1/s1. The highest BCUT2D eigenvalue weighted by Crippen LogP contribution is 2.25. The van der Waals surface area contributed by atoms with Crippen molar-refractivity contribution in [3.05, 3.63) is 29.1 Å². The summed E-state index contributed by atoms with van der Waals surface area (Å²) < 4.78 is 0. The Balaban J connectivity index is 1.75. The SMILES string of the molecule is Cc1cnc(C(=O)N2CC[C@H]3[C@@H](C2)NC(=O)N3C(C)C)c(C)c1. The number of aromatic nitrogens is 1. The van der Waals surface area contributed by atoms with E-state index in [1.165, 1.54) is 0 Å². The van der Waals surface area contributed by atoms with E-state index in [-0.39, 0.29) is 30.1 Å². The Hall–Kier alpha value is -2.11. The van der Waals surface area contributed by atoms with Crippen LogP contribution in [0, 0.1) is 13.8 Å². The van der Waals surface area contributed by atoms with Crippen LogP contribution >= 0.6 is 0 Å². The number of piperidine rings is 1. The summed E-state index contributed by atoms with van der Waals surface area (Å²) in [4.78, 5) is 32.9. The van der Waals surface area contributed by atoms with Crippen LogP contribution in [0.25, 0.3) is 0 Å². The lowest BCUT2D eigenvalue weighted by Gasteiger charge is -2.37. The first kappa shape index (κ1) is 15.8. The molecule has 2 saturated heterocycles. The fourth-order valence-electron chi connectivity index (χ4n) is 3.69. The Bertz CT molecular complexity index is 643. The largest absolute Gasteiger partial charge is 0.335 e. The molecule has 0 aromatic carbocycles. The third-order valence-corrected chi connectivity index (χ3v) is 4.74. The molecule has 0 aliphatic carbocycles. The van der Waals surface area contributed by atoms with Gasteiger partial charge in [0.1, 0.15) is 5.69 Å². The molecule has 124 valence electrons.